The van der Waals surface area contributed by atoms with E-state index in [0.717, 1.165) is 16.5 Å². The van der Waals surface area contributed by atoms with E-state index >= 15 is 0 Å². The van der Waals surface area contributed by atoms with Crippen molar-refractivity contribution in [1.29, 1.82) is 0 Å². The lowest BCUT2D eigenvalue weighted by molar-refractivity contribution is 0.273. The molecule has 13 heavy (non-hydrogen) atoms. The normalized spacial score (nSPS) is 13.4. The summed E-state index contributed by atoms with van der Waals surface area (Å²) in [7, 11) is 0. The Morgan fingerprint density at radius 1 is 1.54 bits per heavy atom. The van der Waals surface area contributed by atoms with Crippen LogP contribution in [0, 0.1) is 0 Å². The predicted octanol–water partition coefficient (Wildman–Crippen LogP) is 1.92. The van der Waals surface area contributed by atoms with Gasteiger partial charge in [0.25, 0.3) is 0 Å². The molecule has 3 heteroatoms. The number of hydrogen-bond acceptors (Lipinski definition) is 3. The van der Waals surface area contributed by atoms with E-state index in [4.69, 9.17) is 9.63 Å². The van der Waals surface area contributed by atoms with Gasteiger partial charge in [0.15, 0.2) is 5.58 Å². The van der Waals surface area contributed by atoms with Crippen LogP contribution in [0.25, 0.3) is 11.0 Å². The summed E-state index contributed by atoms with van der Waals surface area (Å²) in [5.74, 6) is 0.128. The number of hydrogen-bond donors (Lipinski definition) is 1. The third-order valence-electron chi connectivity index (χ3n) is 2.24. The van der Waals surface area contributed by atoms with Crippen LogP contribution in [-0.4, -0.2) is 16.9 Å². The summed E-state index contributed by atoms with van der Waals surface area (Å²) in [5.41, 5.74) is 1.86. The molecule has 68 valence electrons. The summed E-state index contributed by atoms with van der Waals surface area (Å²) in [5, 5.41) is 13.7. The topological polar surface area (TPSA) is 46.3 Å². The maximum absolute atomic E-state index is 9.03. The maximum atomic E-state index is 9.03. The number of benzene rings is 1. The maximum Gasteiger partial charge on any atom is 0.167 e. The van der Waals surface area contributed by atoms with Crippen LogP contribution in [0.4, 0.5) is 0 Å². The molecule has 0 amide bonds. The predicted molar refractivity (Wildman–Crippen MR) is 49.5 cm³/mol. The Kier molecular flexibility index (Phi) is 2.02. The van der Waals surface area contributed by atoms with Crippen molar-refractivity contribution in [2.24, 2.45) is 0 Å². The van der Waals surface area contributed by atoms with Crippen molar-refractivity contribution in [2.45, 2.75) is 12.8 Å². The summed E-state index contributed by atoms with van der Waals surface area (Å²) in [6.07, 6.45) is 1.69. The van der Waals surface area contributed by atoms with Crippen molar-refractivity contribution in [2.75, 3.05) is 6.61 Å². The molecule has 1 aromatic heterocycles. The first-order chi connectivity index (χ1) is 6.33. The number of aromatic nitrogens is 1. The third-order valence-corrected chi connectivity index (χ3v) is 2.24. The molecule has 0 spiro atoms. The SMILES string of the molecule is CC(CO)c1cccc2oncc12. The average molecular weight is 177 g/mol. The van der Waals surface area contributed by atoms with Gasteiger partial charge in [0.05, 0.1) is 6.20 Å². The molecule has 2 aromatic rings. The Morgan fingerprint density at radius 2 is 2.38 bits per heavy atom. The highest BCUT2D eigenvalue weighted by molar-refractivity contribution is 5.80. The van der Waals surface area contributed by atoms with Gasteiger partial charge in [-0.1, -0.05) is 24.2 Å². The van der Waals surface area contributed by atoms with E-state index in [2.05, 4.69) is 5.16 Å². The van der Waals surface area contributed by atoms with Crippen LogP contribution in [0.2, 0.25) is 0 Å². The van der Waals surface area contributed by atoms with Gasteiger partial charge < -0.3 is 9.63 Å². The number of aliphatic hydroxyl groups excluding tert-OH is 1. The second-order valence-electron chi connectivity index (χ2n) is 3.17. The van der Waals surface area contributed by atoms with Crippen molar-refractivity contribution in [3.63, 3.8) is 0 Å². The van der Waals surface area contributed by atoms with Crippen LogP contribution in [0.5, 0.6) is 0 Å². The van der Waals surface area contributed by atoms with Crippen LogP contribution in [-0.2, 0) is 0 Å². The lowest BCUT2D eigenvalue weighted by atomic mass is 9.99. The van der Waals surface area contributed by atoms with Gasteiger partial charge in [-0.25, -0.2) is 0 Å². The first-order valence-electron chi connectivity index (χ1n) is 4.27. The Hall–Kier alpha value is -1.35. The van der Waals surface area contributed by atoms with Gasteiger partial charge >= 0.3 is 0 Å². The highest BCUT2D eigenvalue weighted by atomic mass is 16.5. The molecule has 2 rings (SSSR count). The quantitative estimate of drug-likeness (QED) is 0.762. The van der Waals surface area contributed by atoms with E-state index in [1.165, 1.54) is 0 Å². The first-order valence-corrected chi connectivity index (χ1v) is 4.27. The monoisotopic (exact) mass is 177 g/mol. The van der Waals surface area contributed by atoms with Crippen LogP contribution in [0.3, 0.4) is 0 Å². The van der Waals surface area contributed by atoms with Crippen molar-refractivity contribution in [3.8, 4) is 0 Å². The number of rotatable bonds is 2. The number of aliphatic hydroxyl groups is 1. The molecule has 0 aliphatic carbocycles. The fourth-order valence-electron chi connectivity index (χ4n) is 1.44. The highest BCUT2D eigenvalue weighted by Crippen LogP contribution is 2.24. The van der Waals surface area contributed by atoms with E-state index in [9.17, 15) is 0 Å². The van der Waals surface area contributed by atoms with Gasteiger partial charge in [-0.15, -0.1) is 0 Å². The molecule has 1 unspecified atom stereocenters. The Bertz CT molecular complexity index is 408. The van der Waals surface area contributed by atoms with Gasteiger partial charge in [-0.2, -0.15) is 0 Å². The molecular formula is C10H11NO2. The number of nitrogens with zero attached hydrogens (tertiary/aromatic N) is 1. The molecule has 0 radical (unpaired) electrons. The lowest BCUT2D eigenvalue weighted by Crippen LogP contribution is -1.98. The van der Waals surface area contributed by atoms with Crippen molar-refractivity contribution >= 4 is 11.0 Å². The number of fused-ring (bicyclic) bond motifs is 1. The summed E-state index contributed by atoms with van der Waals surface area (Å²) < 4.78 is 5.02. The molecule has 0 bridgehead atoms. The van der Waals surface area contributed by atoms with Gasteiger partial charge in [0, 0.05) is 17.9 Å². The molecule has 0 aliphatic heterocycles. The summed E-state index contributed by atoms with van der Waals surface area (Å²) >= 11 is 0. The molecule has 0 saturated carbocycles. The molecule has 1 atom stereocenters. The molecule has 0 aliphatic rings. The van der Waals surface area contributed by atoms with Crippen LogP contribution >= 0.6 is 0 Å². The second kappa shape index (κ2) is 3.18. The van der Waals surface area contributed by atoms with E-state index < -0.39 is 0 Å². The van der Waals surface area contributed by atoms with E-state index in [-0.39, 0.29) is 12.5 Å². The molecule has 1 heterocycles. The molecule has 0 saturated heterocycles. The molecule has 1 aromatic carbocycles. The molecular weight excluding hydrogens is 166 g/mol. The Balaban J connectivity index is 2.60. The minimum Gasteiger partial charge on any atom is -0.396 e. The zero-order valence-electron chi connectivity index (χ0n) is 7.40. The van der Waals surface area contributed by atoms with Gasteiger partial charge in [0.2, 0.25) is 0 Å². The molecule has 1 N–H and O–H groups in total. The fourth-order valence-corrected chi connectivity index (χ4v) is 1.44. The largest absolute Gasteiger partial charge is 0.396 e. The zero-order valence-corrected chi connectivity index (χ0v) is 7.40. The standard InChI is InChI=1S/C10H11NO2/c1-7(6-12)8-3-2-4-10-9(8)5-11-13-10/h2-5,7,12H,6H2,1H3. The summed E-state index contributed by atoms with van der Waals surface area (Å²) in [6, 6.07) is 5.77. The van der Waals surface area contributed by atoms with Crippen molar-refractivity contribution in [3.05, 3.63) is 30.0 Å². The fraction of sp³-hybridized carbons (Fsp3) is 0.300. The Morgan fingerprint density at radius 3 is 3.15 bits per heavy atom. The van der Waals surface area contributed by atoms with Crippen LogP contribution in [0.15, 0.2) is 28.9 Å². The van der Waals surface area contributed by atoms with Gasteiger partial charge in [-0.05, 0) is 11.6 Å². The first kappa shape index (κ1) is 8.26. The van der Waals surface area contributed by atoms with E-state index in [1.807, 2.05) is 25.1 Å². The molecule has 3 nitrogen and oxygen atoms in total. The van der Waals surface area contributed by atoms with Gasteiger partial charge in [0.1, 0.15) is 0 Å². The van der Waals surface area contributed by atoms with Crippen LogP contribution in [0.1, 0.15) is 18.4 Å². The minimum absolute atomic E-state index is 0.128. The average Bonchev–Trinajstić information content (AvgIpc) is 2.63. The van der Waals surface area contributed by atoms with Gasteiger partial charge in [-0.3, -0.25) is 0 Å². The highest BCUT2D eigenvalue weighted by Gasteiger charge is 2.09. The second-order valence-corrected chi connectivity index (χ2v) is 3.17. The lowest BCUT2D eigenvalue weighted by Gasteiger charge is -2.07. The van der Waals surface area contributed by atoms with Crippen molar-refractivity contribution in [1.82, 2.24) is 5.16 Å². The summed E-state index contributed by atoms with van der Waals surface area (Å²) in [6.45, 7) is 2.12. The van der Waals surface area contributed by atoms with Crippen molar-refractivity contribution < 1.29 is 9.63 Å². The van der Waals surface area contributed by atoms with E-state index in [1.54, 1.807) is 6.20 Å². The smallest absolute Gasteiger partial charge is 0.167 e. The van der Waals surface area contributed by atoms with Crippen LogP contribution < -0.4 is 0 Å². The summed E-state index contributed by atoms with van der Waals surface area (Å²) in [4.78, 5) is 0. The minimum atomic E-state index is 0.128. The molecule has 0 fully saturated rings. The van der Waals surface area contributed by atoms with E-state index in [0.29, 0.717) is 0 Å². The Labute approximate surface area is 76.0 Å². The third kappa shape index (κ3) is 1.31. The zero-order chi connectivity index (χ0) is 9.26.